The average Bonchev–Trinajstić information content (AvgIpc) is 2.77. The summed E-state index contributed by atoms with van der Waals surface area (Å²) >= 11 is 4.91. The van der Waals surface area contributed by atoms with E-state index in [-0.39, 0.29) is 4.99 Å². The Morgan fingerprint density at radius 1 is 1.39 bits per heavy atom. The van der Waals surface area contributed by atoms with Crippen molar-refractivity contribution in [1.29, 1.82) is 0 Å². The number of nitrogens with zero attached hydrogens (tertiary/aromatic N) is 3. The number of anilines is 2. The van der Waals surface area contributed by atoms with Crippen LogP contribution in [0, 0.1) is 0 Å². The van der Waals surface area contributed by atoms with E-state index >= 15 is 0 Å². The molecular weight excluding hydrogens is 246 g/mol. The van der Waals surface area contributed by atoms with E-state index < -0.39 is 0 Å². The summed E-state index contributed by atoms with van der Waals surface area (Å²) in [6, 6.07) is 5.89. The van der Waals surface area contributed by atoms with Crippen molar-refractivity contribution in [3.8, 4) is 0 Å². The molecule has 94 valence electrons. The summed E-state index contributed by atoms with van der Waals surface area (Å²) in [4.78, 5) is 4.39. The van der Waals surface area contributed by atoms with Crippen LogP contribution in [0.2, 0.25) is 0 Å². The van der Waals surface area contributed by atoms with Crippen LogP contribution >= 0.6 is 12.2 Å². The highest BCUT2D eigenvalue weighted by Gasteiger charge is 2.06. The molecule has 3 N–H and O–H groups in total. The first-order valence-electron chi connectivity index (χ1n) is 5.64. The molecule has 18 heavy (non-hydrogen) atoms. The minimum absolute atomic E-state index is 0.288. The van der Waals surface area contributed by atoms with Crippen LogP contribution in [0.15, 0.2) is 30.6 Å². The van der Waals surface area contributed by atoms with Crippen LogP contribution in [0.1, 0.15) is 25.6 Å². The molecule has 6 heteroatoms. The number of thiocarbonyl (C=S) groups is 1. The molecule has 0 bridgehead atoms. The Morgan fingerprint density at radius 2 is 2.17 bits per heavy atom. The van der Waals surface area contributed by atoms with Gasteiger partial charge in [-0.25, -0.2) is 4.68 Å². The smallest absolute Gasteiger partial charge is 0.128 e. The van der Waals surface area contributed by atoms with Crippen molar-refractivity contribution in [2.45, 2.75) is 19.9 Å². The van der Waals surface area contributed by atoms with Gasteiger partial charge in [-0.2, -0.15) is 5.10 Å². The summed E-state index contributed by atoms with van der Waals surface area (Å²) in [5, 5.41) is 7.53. The van der Waals surface area contributed by atoms with Crippen LogP contribution in [0.3, 0.4) is 0 Å². The number of aromatic nitrogens is 3. The van der Waals surface area contributed by atoms with E-state index in [1.807, 2.05) is 22.9 Å². The van der Waals surface area contributed by atoms with Crippen molar-refractivity contribution in [3.63, 3.8) is 0 Å². The maximum atomic E-state index is 5.56. The van der Waals surface area contributed by atoms with Gasteiger partial charge in [0, 0.05) is 24.0 Å². The molecule has 0 spiro atoms. The van der Waals surface area contributed by atoms with Crippen molar-refractivity contribution >= 4 is 28.7 Å². The van der Waals surface area contributed by atoms with Gasteiger partial charge < -0.3 is 11.1 Å². The Kier molecular flexibility index (Phi) is 3.57. The number of hydrogen-bond acceptors (Lipinski definition) is 4. The van der Waals surface area contributed by atoms with E-state index in [4.69, 9.17) is 18.0 Å². The third-order valence-corrected chi connectivity index (χ3v) is 2.65. The van der Waals surface area contributed by atoms with E-state index in [9.17, 15) is 0 Å². The van der Waals surface area contributed by atoms with Crippen molar-refractivity contribution < 1.29 is 0 Å². The molecule has 0 atom stereocenters. The van der Waals surface area contributed by atoms with Gasteiger partial charge >= 0.3 is 0 Å². The van der Waals surface area contributed by atoms with Gasteiger partial charge in [0.15, 0.2) is 0 Å². The highest BCUT2D eigenvalue weighted by molar-refractivity contribution is 7.80. The Balaban J connectivity index is 2.26. The Labute approximate surface area is 111 Å². The number of nitrogens with one attached hydrogen (secondary N) is 1. The molecule has 2 aromatic rings. The standard InChI is InChI=1S/C12H15N5S/c1-8(2)17-11(4-6-15-17)16-9-3-5-14-10(7-9)12(13)18/h3-8H,1-2H3,(H2,13,18)(H,14,16). The van der Waals surface area contributed by atoms with E-state index in [1.165, 1.54) is 0 Å². The van der Waals surface area contributed by atoms with Crippen LogP contribution in [0.4, 0.5) is 11.5 Å². The fraction of sp³-hybridized carbons (Fsp3) is 0.250. The number of nitrogens with two attached hydrogens (primary N) is 1. The highest BCUT2D eigenvalue weighted by atomic mass is 32.1. The summed E-state index contributed by atoms with van der Waals surface area (Å²) in [6.07, 6.45) is 3.44. The van der Waals surface area contributed by atoms with Crippen LogP contribution < -0.4 is 11.1 Å². The van der Waals surface area contributed by atoms with Gasteiger partial charge in [-0.3, -0.25) is 4.98 Å². The van der Waals surface area contributed by atoms with E-state index in [0.29, 0.717) is 11.7 Å². The average molecular weight is 261 g/mol. The lowest BCUT2D eigenvalue weighted by atomic mass is 10.3. The fourth-order valence-electron chi connectivity index (χ4n) is 1.62. The van der Waals surface area contributed by atoms with E-state index in [1.54, 1.807) is 12.4 Å². The molecule has 0 amide bonds. The molecule has 0 radical (unpaired) electrons. The summed E-state index contributed by atoms with van der Waals surface area (Å²) in [7, 11) is 0. The largest absolute Gasteiger partial charge is 0.388 e. The molecule has 0 unspecified atom stereocenters. The van der Waals surface area contributed by atoms with Gasteiger partial charge in [0.1, 0.15) is 10.8 Å². The lowest BCUT2D eigenvalue weighted by molar-refractivity contribution is 0.540. The van der Waals surface area contributed by atoms with Crippen LogP contribution in [0.5, 0.6) is 0 Å². The molecule has 0 aliphatic heterocycles. The van der Waals surface area contributed by atoms with Crippen LogP contribution in [-0.2, 0) is 0 Å². The van der Waals surface area contributed by atoms with Crippen molar-refractivity contribution in [2.24, 2.45) is 5.73 Å². The fourth-order valence-corrected chi connectivity index (χ4v) is 1.73. The molecule has 0 aliphatic rings. The first-order valence-corrected chi connectivity index (χ1v) is 6.05. The zero-order valence-electron chi connectivity index (χ0n) is 10.3. The first-order chi connectivity index (χ1) is 8.58. The Morgan fingerprint density at radius 3 is 2.83 bits per heavy atom. The lowest BCUT2D eigenvalue weighted by Crippen LogP contribution is -2.12. The summed E-state index contributed by atoms with van der Waals surface area (Å²) in [5.74, 6) is 0.921. The van der Waals surface area contributed by atoms with Crippen molar-refractivity contribution in [3.05, 3.63) is 36.3 Å². The van der Waals surface area contributed by atoms with Crippen molar-refractivity contribution in [1.82, 2.24) is 14.8 Å². The second kappa shape index (κ2) is 5.14. The zero-order valence-corrected chi connectivity index (χ0v) is 11.1. The molecule has 2 rings (SSSR count). The first kappa shape index (κ1) is 12.5. The minimum atomic E-state index is 0.288. The van der Waals surface area contributed by atoms with Crippen LogP contribution in [-0.4, -0.2) is 19.8 Å². The van der Waals surface area contributed by atoms with E-state index in [2.05, 4.69) is 29.2 Å². The molecular formula is C12H15N5S. The Bertz CT molecular complexity index is 561. The second-order valence-electron chi connectivity index (χ2n) is 4.17. The van der Waals surface area contributed by atoms with E-state index in [0.717, 1.165) is 11.5 Å². The third kappa shape index (κ3) is 2.65. The highest BCUT2D eigenvalue weighted by Crippen LogP contribution is 2.19. The third-order valence-electron chi connectivity index (χ3n) is 2.44. The number of hydrogen-bond donors (Lipinski definition) is 2. The summed E-state index contributed by atoms with van der Waals surface area (Å²) < 4.78 is 1.90. The van der Waals surface area contributed by atoms with Gasteiger partial charge in [0.05, 0.1) is 11.9 Å². The lowest BCUT2D eigenvalue weighted by Gasteiger charge is -2.12. The molecule has 0 saturated heterocycles. The number of rotatable bonds is 4. The monoisotopic (exact) mass is 261 g/mol. The Hall–Kier alpha value is -1.95. The summed E-state index contributed by atoms with van der Waals surface area (Å²) in [6.45, 7) is 4.15. The molecule has 0 aliphatic carbocycles. The minimum Gasteiger partial charge on any atom is -0.388 e. The molecule has 5 nitrogen and oxygen atoms in total. The maximum absolute atomic E-state index is 5.56. The second-order valence-corrected chi connectivity index (χ2v) is 4.61. The van der Waals surface area contributed by atoms with Gasteiger partial charge in [-0.15, -0.1) is 0 Å². The normalized spacial score (nSPS) is 10.6. The summed E-state index contributed by atoms with van der Waals surface area (Å²) in [5.41, 5.74) is 7.04. The predicted molar refractivity (Wildman–Crippen MR) is 76.0 cm³/mol. The quantitative estimate of drug-likeness (QED) is 0.826. The zero-order chi connectivity index (χ0) is 13.1. The SMILES string of the molecule is CC(C)n1nccc1Nc1ccnc(C(N)=S)c1. The molecule has 2 heterocycles. The molecule has 0 fully saturated rings. The van der Waals surface area contributed by atoms with Gasteiger partial charge in [-0.05, 0) is 26.0 Å². The molecule has 0 saturated carbocycles. The molecule has 2 aromatic heterocycles. The molecule has 0 aromatic carbocycles. The predicted octanol–water partition coefficient (Wildman–Crippen LogP) is 2.24. The topological polar surface area (TPSA) is 68.8 Å². The maximum Gasteiger partial charge on any atom is 0.128 e. The number of pyridine rings is 1. The van der Waals surface area contributed by atoms with Gasteiger partial charge in [0.25, 0.3) is 0 Å². The van der Waals surface area contributed by atoms with Gasteiger partial charge in [0.2, 0.25) is 0 Å². The van der Waals surface area contributed by atoms with Crippen molar-refractivity contribution in [2.75, 3.05) is 5.32 Å². The van der Waals surface area contributed by atoms with Crippen LogP contribution in [0.25, 0.3) is 0 Å². The van der Waals surface area contributed by atoms with Gasteiger partial charge in [-0.1, -0.05) is 12.2 Å².